The fraction of sp³-hybridized carbons (Fsp3) is 1.00. The number of nitrogens with two attached hydrogens (primary N) is 1. The monoisotopic (exact) mass is 118 g/mol. The zero-order valence-electron chi connectivity index (χ0n) is 5.20. The fourth-order valence-corrected chi connectivity index (χ4v) is 0.348. The molecule has 0 aliphatic carbocycles. The van der Waals surface area contributed by atoms with Gasteiger partial charge in [-0.05, 0) is 0 Å². The molecule has 0 aromatic rings. The van der Waals surface area contributed by atoms with Crippen molar-refractivity contribution in [1.29, 1.82) is 0 Å². The van der Waals surface area contributed by atoms with Gasteiger partial charge in [-0.2, -0.15) is 0 Å². The maximum absolute atomic E-state index is 4.99. The summed E-state index contributed by atoms with van der Waals surface area (Å²) in [6.45, 7) is 4.60. The van der Waals surface area contributed by atoms with E-state index in [2.05, 4.69) is 16.3 Å². The van der Waals surface area contributed by atoms with Crippen LogP contribution in [-0.4, -0.2) is 19.6 Å². The van der Waals surface area contributed by atoms with Crippen LogP contribution in [0.2, 0.25) is 0 Å². The van der Waals surface area contributed by atoms with Crippen LogP contribution in [0.25, 0.3) is 0 Å². The van der Waals surface area contributed by atoms with Crippen molar-refractivity contribution < 1.29 is 0 Å². The Hall–Kier alpha value is -0.160. The molecule has 4 nitrogen and oxygen atoms in total. The molecular formula is C4H14N4. The molecule has 0 aliphatic rings. The number of hydrazine groups is 2. The molecule has 0 aromatic carbocycles. The third-order valence-corrected chi connectivity index (χ3v) is 0.696. The second kappa shape index (κ2) is 6.84. The van der Waals surface area contributed by atoms with Gasteiger partial charge in [0.2, 0.25) is 0 Å². The smallest absolute Gasteiger partial charge is 0.0239 e. The largest absolute Gasteiger partial charge is 0.271 e. The first-order chi connectivity index (χ1) is 3.91. The number of rotatable bonds is 5. The summed E-state index contributed by atoms with van der Waals surface area (Å²) in [7, 11) is 0. The summed E-state index contributed by atoms with van der Waals surface area (Å²) in [5.41, 5.74) is 8.41. The van der Waals surface area contributed by atoms with E-state index < -0.39 is 0 Å². The molecule has 0 rings (SSSR count). The van der Waals surface area contributed by atoms with Crippen molar-refractivity contribution >= 4 is 0 Å². The minimum absolute atomic E-state index is 0.785. The topological polar surface area (TPSA) is 62.1 Å². The van der Waals surface area contributed by atoms with Crippen LogP contribution in [0.3, 0.4) is 0 Å². The lowest BCUT2D eigenvalue weighted by atomic mass is 10.7. The number of hydrogen-bond acceptors (Lipinski definition) is 4. The Bertz CT molecular complexity index is 33.0. The minimum atomic E-state index is 0.785. The van der Waals surface area contributed by atoms with Gasteiger partial charge in [0, 0.05) is 19.6 Å². The quantitative estimate of drug-likeness (QED) is 0.203. The zero-order valence-corrected chi connectivity index (χ0v) is 5.20. The van der Waals surface area contributed by atoms with E-state index in [0.29, 0.717) is 0 Å². The van der Waals surface area contributed by atoms with Gasteiger partial charge < -0.3 is 0 Å². The summed E-state index contributed by atoms with van der Waals surface area (Å²) in [6.07, 6.45) is 0. The van der Waals surface area contributed by atoms with Crippen LogP contribution in [0, 0.1) is 0 Å². The van der Waals surface area contributed by atoms with E-state index in [4.69, 9.17) is 5.84 Å². The van der Waals surface area contributed by atoms with Crippen molar-refractivity contribution in [3.8, 4) is 0 Å². The molecule has 4 heteroatoms. The SMILES string of the molecule is CCNNCCNN. The molecule has 50 valence electrons. The fourth-order valence-electron chi connectivity index (χ4n) is 0.348. The molecule has 5 N–H and O–H groups in total. The summed E-state index contributed by atoms with van der Waals surface area (Å²) < 4.78 is 0. The highest BCUT2D eigenvalue weighted by atomic mass is 15.4. The van der Waals surface area contributed by atoms with Crippen molar-refractivity contribution in [2.45, 2.75) is 6.92 Å². The van der Waals surface area contributed by atoms with Crippen molar-refractivity contribution in [3.63, 3.8) is 0 Å². The van der Waals surface area contributed by atoms with Crippen LogP contribution in [0.4, 0.5) is 0 Å². The van der Waals surface area contributed by atoms with Gasteiger partial charge >= 0.3 is 0 Å². The van der Waals surface area contributed by atoms with Crippen LogP contribution in [-0.2, 0) is 0 Å². The first-order valence-corrected chi connectivity index (χ1v) is 2.81. The van der Waals surface area contributed by atoms with Crippen LogP contribution in [0.15, 0.2) is 0 Å². The van der Waals surface area contributed by atoms with Gasteiger partial charge in [-0.25, -0.2) is 0 Å². The van der Waals surface area contributed by atoms with E-state index >= 15 is 0 Å². The molecule has 0 aromatic heterocycles. The van der Waals surface area contributed by atoms with Gasteiger partial charge in [0.05, 0.1) is 0 Å². The highest BCUT2D eigenvalue weighted by Crippen LogP contribution is 1.48. The number of nitrogens with one attached hydrogen (secondary N) is 3. The predicted molar refractivity (Wildman–Crippen MR) is 33.9 cm³/mol. The lowest BCUT2D eigenvalue weighted by molar-refractivity contribution is 0.533. The Morgan fingerprint density at radius 1 is 1.25 bits per heavy atom. The Labute approximate surface area is 49.8 Å². The molecule has 0 heterocycles. The lowest BCUT2D eigenvalue weighted by Crippen LogP contribution is -2.38. The molecule has 0 fully saturated rings. The molecule has 0 spiro atoms. The van der Waals surface area contributed by atoms with Crippen molar-refractivity contribution in [2.24, 2.45) is 5.84 Å². The van der Waals surface area contributed by atoms with E-state index in [1.807, 2.05) is 6.92 Å². The van der Waals surface area contributed by atoms with E-state index in [1.165, 1.54) is 0 Å². The summed E-state index contributed by atoms with van der Waals surface area (Å²) in [5, 5.41) is 0. The lowest BCUT2D eigenvalue weighted by Gasteiger charge is -2.01. The first kappa shape index (κ1) is 7.84. The highest BCUT2D eigenvalue weighted by Gasteiger charge is 1.77. The van der Waals surface area contributed by atoms with Gasteiger partial charge in [-0.15, -0.1) is 0 Å². The van der Waals surface area contributed by atoms with Crippen molar-refractivity contribution in [2.75, 3.05) is 19.6 Å². The molecular weight excluding hydrogens is 104 g/mol. The van der Waals surface area contributed by atoms with E-state index in [1.54, 1.807) is 0 Å². The summed E-state index contributed by atoms with van der Waals surface area (Å²) >= 11 is 0. The highest BCUT2D eigenvalue weighted by molar-refractivity contribution is 4.39. The van der Waals surface area contributed by atoms with Crippen LogP contribution in [0.1, 0.15) is 6.92 Å². The Kier molecular flexibility index (Phi) is 6.70. The van der Waals surface area contributed by atoms with Gasteiger partial charge in [0.1, 0.15) is 0 Å². The molecule has 0 aliphatic heterocycles. The maximum Gasteiger partial charge on any atom is 0.0239 e. The third-order valence-electron chi connectivity index (χ3n) is 0.696. The number of hydrogen-bond donors (Lipinski definition) is 4. The van der Waals surface area contributed by atoms with E-state index in [-0.39, 0.29) is 0 Å². The summed E-state index contributed by atoms with van der Waals surface area (Å²) in [5.74, 6) is 4.99. The molecule has 0 saturated heterocycles. The van der Waals surface area contributed by atoms with E-state index in [0.717, 1.165) is 19.6 Å². The average molecular weight is 118 g/mol. The molecule has 0 atom stereocenters. The standard InChI is InChI=1S/C4H14N4/c1-2-7-8-4-3-6-5/h6-8H,2-5H2,1H3. The van der Waals surface area contributed by atoms with Gasteiger partial charge in [0.15, 0.2) is 0 Å². The normalized spacial score (nSPS) is 9.75. The summed E-state index contributed by atoms with van der Waals surface area (Å²) in [4.78, 5) is 0. The molecule has 8 heavy (non-hydrogen) atoms. The van der Waals surface area contributed by atoms with Crippen molar-refractivity contribution in [3.05, 3.63) is 0 Å². The summed E-state index contributed by atoms with van der Waals surface area (Å²) in [6, 6.07) is 0. The Morgan fingerprint density at radius 2 is 2.00 bits per heavy atom. The van der Waals surface area contributed by atoms with Crippen molar-refractivity contribution in [1.82, 2.24) is 16.3 Å². The van der Waals surface area contributed by atoms with Crippen LogP contribution < -0.4 is 22.1 Å². The van der Waals surface area contributed by atoms with Gasteiger partial charge in [0.25, 0.3) is 0 Å². The van der Waals surface area contributed by atoms with Crippen LogP contribution >= 0.6 is 0 Å². The molecule has 0 saturated carbocycles. The predicted octanol–water partition coefficient (Wildman–Crippen LogP) is -1.44. The second-order valence-corrected chi connectivity index (χ2v) is 1.41. The molecule has 0 bridgehead atoms. The molecule has 0 radical (unpaired) electrons. The zero-order chi connectivity index (χ0) is 6.24. The van der Waals surface area contributed by atoms with Crippen LogP contribution in [0.5, 0.6) is 0 Å². The van der Waals surface area contributed by atoms with Gasteiger partial charge in [-0.1, -0.05) is 6.92 Å². The second-order valence-electron chi connectivity index (χ2n) is 1.41. The third kappa shape index (κ3) is 5.84. The Morgan fingerprint density at radius 3 is 2.50 bits per heavy atom. The first-order valence-electron chi connectivity index (χ1n) is 2.81. The molecule has 0 unspecified atom stereocenters. The Balaban J connectivity index is 2.53. The van der Waals surface area contributed by atoms with Gasteiger partial charge in [-0.3, -0.25) is 22.1 Å². The maximum atomic E-state index is 4.99. The molecule has 0 amide bonds. The van der Waals surface area contributed by atoms with E-state index in [9.17, 15) is 0 Å². The minimum Gasteiger partial charge on any atom is -0.271 e. The average Bonchev–Trinajstić information content (AvgIpc) is 1.81.